The number of carbonyl (C=O) groups excluding carboxylic acids is 1. The summed E-state index contributed by atoms with van der Waals surface area (Å²) in [6.45, 7) is 0.539. The maximum absolute atomic E-state index is 9.86. The lowest BCUT2D eigenvalue weighted by Gasteiger charge is -2.03. The molecule has 0 N–H and O–H groups in total. The van der Waals surface area contributed by atoms with Crippen LogP contribution in [-0.2, 0) is 4.79 Å². The molecule has 0 aromatic heterocycles. The topological polar surface area (TPSA) is 26.3 Å². The lowest BCUT2D eigenvalue weighted by molar-refractivity contribution is 0.312. The molecule has 3 heteroatoms. The molecule has 69 valence electrons. The third-order valence-corrected chi connectivity index (χ3v) is 1.76. The number of rotatable bonds is 5. The summed E-state index contributed by atoms with van der Waals surface area (Å²) in [7, 11) is 0. The smallest absolute Gasteiger partial charge is 0.198 e. The summed E-state index contributed by atoms with van der Waals surface area (Å²) >= 11 is 5.69. The van der Waals surface area contributed by atoms with Crippen molar-refractivity contribution >= 4 is 17.9 Å². The number of halogens is 1. The number of ether oxygens (including phenoxy) is 1. The van der Waals surface area contributed by atoms with Crippen molar-refractivity contribution in [3.8, 4) is 5.75 Å². The Morgan fingerprint density at radius 3 is 2.62 bits per heavy atom. The molecule has 1 aromatic rings. The molecule has 0 amide bonds. The summed E-state index contributed by atoms with van der Waals surface area (Å²) < 4.78 is 5.33. The SMILES string of the molecule is O=[C]CCCOc1ccc(Cl)cc1. The normalized spacial score (nSPS) is 9.62. The van der Waals surface area contributed by atoms with Gasteiger partial charge in [-0.25, -0.2) is 0 Å². The van der Waals surface area contributed by atoms with Gasteiger partial charge in [-0.05, 0) is 30.7 Å². The summed E-state index contributed by atoms with van der Waals surface area (Å²) in [4.78, 5) is 9.86. The Morgan fingerprint density at radius 2 is 2.00 bits per heavy atom. The lowest BCUT2D eigenvalue weighted by atomic mass is 10.3. The summed E-state index contributed by atoms with van der Waals surface area (Å²) in [6.07, 6.45) is 2.94. The fraction of sp³-hybridized carbons (Fsp3) is 0.300. The minimum atomic E-state index is 0.424. The predicted molar refractivity (Wildman–Crippen MR) is 51.9 cm³/mol. The molecule has 1 rings (SSSR count). The Bertz CT molecular complexity index is 256. The molecule has 0 unspecified atom stereocenters. The first-order chi connectivity index (χ1) is 6.33. The van der Waals surface area contributed by atoms with Crippen molar-refractivity contribution in [2.75, 3.05) is 6.61 Å². The van der Waals surface area contributed by atoms with Crippen LogP contribution < -0.4 is 4.74 Å². The van der Waals surface area contributed by atoms with Gasteiger partial charge in [-0.1, -0.05) is 11.6 Å². The monoisotopic (exact) mass is 197 g/mol. The second kappa shape index (κ2) is 5.60. The van der Waals surface area contributed by atoms with E-state index in [2.05, 4.69) is 0 Å². The largest absolute Gasteiger partial charge is 0.494 e. The van der Waals surface area contributed by atoms with E-state index in [9.17, 15) is 4.79 Å². The molecule has 0 saturated carbocycles. The zero-order chi connectivity index (χ0) is 9.52. The molecule has 1 aromatic carbocycles. The maximum Gasteiger partial charge on any atom is 0.198 e. The van der Waals surface area contributed by atoms with Crippen LogP contribution in [0, 0.1) is 0 Å². The van der Waals surface area contributed by atoms with Gasteiger partial charge in [0.25, 0.3) is 0 Å². The van der Waals surface area contributed by atoms with E-state index in [1.54, 1.807) is 24.3 Å². The zero-order valence-electron chi connectivity index (χ0n) is 7.13. The molecule has 0 heterocycles. The molecule has 0 saturated heterocycles. The van der Waals surface area contributed by atoms with Crippen LogP contribution in [0.25, 0.3) is 0 Å². The van der Waals surface area contributed by atoms with Crippen LogP contribution in [0.3, 0.4) is 0 Å². The number of hydrogen-bond acceptors (Lipinski definition) is 2. The van der Waals surface area contributed by atoms with E-state index in [1.807, 2.05) is 6.29 Å². The van der Waals surface area contributed by atoms with E-state index < -0.39 is 0 Å². The van der Waals surface area contributed by atoms with Crippen molar-refractivity contribution in [2.45, 2.75) is 12.8 Å². The minimum absolute atomic E-state index is 0.424. The van der Waals surface area contributed by atoms with Crippen molar-refractivity contribution in [2.24, 2.45) is 0 Å². The Balaban J connectivity index is 2.28. The number of unbranched alkanes of at least 4 members (excludes halogenated alkanes) is 1. The molecule has 0 fully saturated rings. The predicted octanol–water partition coefficient (Wildman–Crippen LogP) is 2.61. The highest BCUT2D eigenvalue weighted by Gasteiger charge is 1.93. The van der Waals surface area contributed by atoms with E-state index in [0.717, 1.165) is 5.75 Å². The molecule has 2 nitrogen and oxygen atoms in total. The summed E-state index contributed by atoms with van der Waals surface area (Å²) in [5, 5.41) is 0.688. The second-order valence-electron chi connectivity index (χ2n) is 2.55. The van der Waals surface area contributed by atoms with Crippen LogP contribution >= 0.6 is 11.6 Å². The maximum atomic E-state index is 9.86. The quantitative estimate of drug-likeness (QED) is 0.679. The van der Waals surface area contributed by atoms with Crippen LogP contribution in [0.1, 0.15) is 12.8 Å². The highest BCUT2D eigenvalue weighted by molar-refractivity contribution is 6.30. The van der Waals surface area contributed by atoms with E-state index in [4.69, 9.17) is 16.3 Å². The van der Waals surface area contributed by atoms with Gasteiger partial charge in [0.1, 0.15) is 5.75 Å². The fourth-order valence-corrected chi connectivity index (χ4v) is 0.991. The Kier molecular flexibility index (Phi) is 4.33. The van der Waals surface area contributed by atoms with Gasteiger partial charge in [-0.2, -0.15) is 0 Å². The Hall–Kier alpha value is -1.02. The highest BCUT2D eigenvalue weighted by atomic mass is 35.5. The summed E-state index contributed by atoms with van der Waals surface area (Å²) in [6, 6.07) is 7.13. The van der Waals surface area contributed by atoms with Gasteiger partial charge in [0.15, 0.2) is 6.29 Å². The molecule has 1 radical (unpaired) electrons. The summed E-state index contributed by atoms with van der Waals surface area (Å²) in [5.41, 5.74) is 0. The van der Waals surface area contributed by atoms with Gasteiger partial charge < -0.3 is 4.74 Å². The second-order valence-corrected chi connectivity index (χ2v) is 2.99. The van der Waals surface area contributed by atoms with Crippen LogP contribution in [0.15, 0.2) is 24.3 Å². The first-order valence-electron chi connectivity index (χ1n) is 4.06. The molecule has 0 spiro atoms. The van der Waals surface area contributed by atoms with Crippen molar-refractivity contribution < 1.29 is 9.53 Å². The van der Waals surface area contributed by atoms with E-state index in [0.29, 0.717) is 24.5 Å². The molecule has 13 heavy (non-hydrogen) atoms. The van der Waals surface area contributed by atoms with Gasteiger partial charge in [0.2, 0.25) is 0 Å². The van der Waals surface area contributed by atoms with Gasteiger partial charge in [-0.15, -0.1) is 0 Å². The highest BCUT2D eigenvalue weighted by Crippen LogP contribution is 2.15. The van der Waals surface area contributed by atoms with E-state index in [-0.39, 0.29) is 0 Å². The average molecular weight is 198 g/mol. The molecule has 0 aliphatic heterocycles. The third-order valence-electron chi connectivity index (χ3n) is 1.51. The van der Waals surface area contributed by atoms with Gasteiger partial charge in [0, 0.05) is 11.4 Å². The van der Waals surface area contributed by atoms with Crippen LogP contribution in [0.5, 0.6) is 5.75 Å². The van der Waals surface area contributed by atoms with Crippen LogP contribution in [0.2, 0.25) is 5.02 Å². The minimum Gasteiger partial charge on any atom is -0.494 e. The van der Waals surface area contributed by atoms with Crippen molar-refractivity contribution in [1.29, 1.82) is 0 Å². The molecule has 0 bridgehead atoms. The van der Waals surface area contributed by atoms with Gasteiger partial charge in [0.05, 0.1) is 6.61 Å². The third kappa shape index (κ3) is 3.95. The van der Waals surface area contributed by atoms with Crippen molar-refractivity contribution in [3.63, 3.8) is 0 Å². The standard InChI is InChI=1S/C10H10ClO2/c11-9-3-5-10(6-4-9)13-8-2-1-7-12/h3-6H,1-2,8H2. The average Bonchev–Trinajstić information content (AvgIpc) is 2.15. The Morgan fingerprint density at radius 1 is 1.31 bits per heavy atom. The molecule has 0 atom stereocenters. The first-order valence-corrected chi connectivity index (χ1v) is 4.44. The van der Waals surface area contributed by atoms with Crippen LogP contribution in [0.4, 0.5) is 0 Å². The van der Waals surface area contributed by atoms with Gasteiger partial charge >= 0.3 is 0 Å². The zero-order valence-corrected chi connectivity index (χ0v) is 7.88. The first kappa shape index (κ1) is 10.1. The van der Waals surface area contributed by atoms with Crippen molar-refractivity contribution in [3.05, 3.63) is 29.3 Å². The molecular weight excluding hydrogens is 188 g/mol. The molecule has 0 aliphatic rings. The van der Waals surface area contributed by atoms with E-state index in [1.165, 1.54) is 0 Å². The van der Waals surface area contributed by atoms with Crippen LogP contribution in [-0.4, -0.2) is 12.9 Å². The molecular formula is C10H10ClO2. The number of hydrogen-bond donors (Lipinski definition) is 0. The Labute approximate surface area is 82.5 Å². The van der Waals surface area contributed by atoms with Crippen molar-refractivity contribution in [1.82, 2.24) is 0 Å². The fourth-order valence-electron chi connectivity index (χ4n) is 0.865. The summed E-state index contributed by atoms with van der Waals surface area (Å²) in [5.74, 6) is 0.773. The van der Waals surface area contributed by atoms with E-state index >= 15 is 0 Å². The van der Waals surface area contributed by atoms with Gasteiger partial charge in [-0.3, -0.25) is 4.79 Å². The molecule has 0 aliphatic carbocycles. The number of benzene rings is 1. The lowest BCUT2D eigenvalue weighted by Crippen LogP contribution is -1.96.